The second kappa shape index (κ2) is 8.25. The molecule has 28 heavy (non-hydrogen) atoms. The van der Waals surface area contributed by atoms with Crippen LogP contribution >= 0.6 is 0 Å². The molecule has 0 atom stereocenters. The van der Waals surface area contributed by atoms with Gasteiger partial charge in [-0.2, -0.15) is 0 Å². The lowest BCUT2D eigenvalue weighted by molar-refractivity contribution is -0.385. The Balaban J connectivity index is 1.59. The lowest BCUT2D eigenvalue weighted by atomic mass is 10.1. The first-order chi connectivity index (χ1) is 13.5. The van der Waals surface area contributed by atoms with Crippen molar-refractivity contribution in [2.75, 3.05) is 32.2 Å². The molecule has 0 spiro atoms. The Labute approximate surface area is 159 Å². The van der Waals surface area contributed by atoms with Gasteiger partial charge in [0.1, 0.15) is 13.2 Å². The zero-order chi connectivity index (χ0) is 20.1. The monoisotopic (exact) mass is 387 g/mol. The van der Waals surface area contributed by atoms with Gasteiger partial charge in [-0.3, -0.25) is 19.7 Å². The number of nitro benzene ring substituents is 1. The molecule has 2 N–H and O–H groups in total. The molecule has 2 aromatic rings. The first-order valence-corrected chi connectivity index (χ1v) is 8.28. The van der Waals surface area contributed by atoms with E-state index >= 15 is 0 Å². The molecule has 1 aliphatic heterocycles. The lowest BCUT2D eigenvalue weighted by Gasteiger charge is -2.19. The standard InChI is InChI=1S/C18H17N3O7/c1-26-14-4-2-11(8-13(14)21(24)25)18(23)19-10-17(22)20-12-3-5-15-16(9-12)28-7-6-27-15/h2-5,8-9H,6-7,10H2,1H3,(H,19,23)(H,20,22). The van der Waals surface area contributed by atoms with Crippen LogP contribution in [0.25, 0.3) is 0 Å². The van der Waals surface area contributed by atoms with Crippen LogP contribution in [0.1, 0.15) is 10.4 Å². The van der Waals surface area contributed by atoms with Crippen molar-refractivity contribution < 1.29 is 28.7 Å². The van der Waals surface area contributed by atoms with Crippen molar-refractivity contribution in [3.8, 4) is 17.2 Å². The summed E-state index contributed by atoms with van der Waals surface area (Å²) in [5.74, 6) is 0.0753. The van der Waals surface area contributed by atoms with Crippen LogP contribution < -0.4 is 24.8 Å². The van der Waals surface area contributed by atoms with E-state index in [2.05, 4.69) is 10.6 Å². The van der Waals surface area contributed by atoms with Crippen LogP contribution in [-0.4, -0.2) is 43.6 Å². The third kappa shape index (κ3) is 4.29. The predicted octanol–water partition coefficient (Wildman–Crippen LogP) is 1.74. The van der Waals surface area contributed by atoms with Crippen LogP contribution in [0.4, 0.5) is 11.4 Å². The summed E-state index contributed by atoms with van der Waals surface area (Å²) >= 11 is 0. The second-order valence-electron chi connectivity index (χ2n) is 5.73. The van der Waals surface area contributed by atoms with Crippen LogP contribution in [0.2, 0.25) is 0 Å². The molecule has 0 saturated carbocycles. The highest BCUT2D eigenvalue weighted by molar-refractivity contribution is 5.99. The first kappa shape index (κ1) is 19.0. The molecule has 0 unspecified atom stereocenters. The highest BCUT2D eigenvalue weighted by Gasteiger charge is 2.19. The smallest absolute Gasteiger partial charge is 0.311 e. The summed E-state index contributed by atoms with van der Waals surface area (Å²) in [5, 5.41) is 16.1. The first-order valence-electron chi connectivity index (χ1n) is 8.28. The second-order valence-corrected chi connectivity index (χ2v) is 5.73. The van der Waals surface area contributed by atoms with Gasteiger partial charge >= 0.3 is 5.69 Å². The van der Waals surface area contributed by atoms with Crippen molar-refractivity contribution in [3.63, 3.8) is 0 Å². The molecule has 2 amide bonds. The van der Waals surface area contributed by atoms with Gasteiger partial charge in [0.2, 0.25) is 5.91 Å². The summed E-state index contributed by atoms with van der Waals surface area (Å²) in [4.78, 5) is 34.6. The minimum absolute atomic E-state index is 0.0397. The zero-order valence-corrected chi connectivity index (χ0v) is 14.9. The van der Waals surface area contributed by atoms with Gasteiger partial charge in [-0.25, -0.2) is 0 Å². The molecular weight excluding hydrogens is 370 g/mol. The summed E-state index contributed by atoms with van der Waals surface area (Å²) in [7, 11) is 1.30. The van der Waals surface area contributed by atoms with Gasteiger partial charge in [-0.05, 0) is 24.3 Å². The van der Waals surface area contributed by atoms with Crippen LogP contribution in [0.5, 0.6) is 17.2 Å². The van der Waals surface area contributed by atoms with E-state index in [0.29, 0.717) is 30.4 Å². The highest BCUT2D eigenvalue weighted by Crippen LogP contribution is 2.32. The van der Waals surface area contributed by atoms with Gasteiger partial charge in [0, 0.05) is 23.4 Å². The number of carbonyl (C=O) groups is 2. The molecule has 146 valence electrons. The molecule has 0 aromatic heterocycles. The Morgan fingerprint density at radius 2 is 1.89 bits per heavy atom. The fraction of sp³-hybridized carbons (Fsp3) is 0.222. The highest BCUT2D eigenvalue weighted by atomic mass is 16.6. The largest absolute Gasteiger partial charge is 0.490 e. The Hall–Kier alpha value is -3.82. The molecular formula is C18H17N3O7. The Morgan fingerprint density at radius 3 is 2.61 bits per heavy atom. The number of rotatable bonds is 6. The number of amides is 2. The maximum absolute atomic E-state index is 12.2. The summed E-state index contributed by atoms with van der Waals surface area (Å²) in [6.07, 6.45) is 0. The van der Waals surface area contributed by atoms with Crippen LogP contribution in [0, 0.1) is 10.1 Å². The van der Waals surface area contributed by atoms with E-state index in [-0.39, 0.29) is 23.5 Å². The van der Waals surface area contributed by atoms with E-state index in [0.717, 1.165) is 6.07 Å². The molecule has 1 aliphatic rings. The number of methoxy groups -OCH3 is 1. The van der Waals surface area contributed by atoms with Crippen LogP contribution in [-0.2, 0) is 4.79 Å². The van der Waals surface area contributed by atoms with E-state index in [1.165, 1.54) is 19.2 Å². The molecule has 0 radical (unpaired) electrons. The molecule has 10 nitrogen and oxygen atoms in total. The fourth-order valence-corrected chi connectivity index (χ4v) is 2.56. The average Bonchev–Trinajstić information content (AvgIpc) is 2.71. The maximum Gasteiger partial charge on any atom is 0.311 e. The number of hydrogen-bond donors (Lipinski definition) is 2. The fourth-order valence-electron chi connectivity index (χ4n) is 2.56. The number of anilines is 1. The van der Waals surface area contributed by atoms with E-state index in [4.69, 9.17) is 14.2 Å². The van der Waals surface area contributed by atoms with Gasteiger partial charge in [0.25, 0.3) is 5.91 Å². The normalized spacial score (nSPS) is 12.0. The minimum atomic E-state index is -0.649. The number of ether oxygens (including phenoxy) is 3. The number of fused-ring (bicyclic) bond motifs is 1. The molecule has 1 heterocycles. The topological polar surface area (TPSA) is 129 Å². The van der Waals surface area contributed by atoms with Gasteiger partial charge in [-0.15, -0.1) is 0 Å². The van der Waals surface area contributed by atoms with Crippen molar-refractivity contribution in [2.24, 2.45) is 0 Å². The van der Waals surface area contributed by atoms with Gasteiger partial charge in [0.05, 0.1) is 18.6 Å². The van der Waals surface area contributed by atoms with Crippen molar-refractivity contribution >= 4 is 23.2 Å². The summed E-state index contributed by atoms with van der Waals surface area (Å²) < 4.78 is 15.7. The molecule has 3 rings (SSSR count). The maximum atomic E-state index is 12.2. The molecule has 0 aliphatic carbocycles. The lowest BCUT2D eigenvalue weighted by Crippen LogP contribution is -2.32. The molecule has 10 heteroatoms. The van der Waals surface area contributed by atoms with Crippen molar-refractivity contribution in [1.29, 1.82) is 0 Å². The van der Waals surface area contributed by atoms with E-state index < -0.39 is 16.7 Å². The minimum Gasteiger partial charge on any atom is -0.490 e. The van der Waals surface area contributed by atoms with E-state index in [9.17, 15) is 19.7 Å². The predicted molar refractivity (Wildman–Crippen MR) is 98.0 cm³/mol. The summed E-state index contributed by atoms with van der Waals surface area (Å²) in [5.41, 5.74) is 0.194. The summed E-state index contributed by atoms with van der Waals surface area (Å²) in [6, 6.07) is 8.75. The van der Waals surface area contributed by atoms with Gasteiger partial charge in [-0.1, -0.05) is 0 Å². The molecule has 2 aromatic carbocycles. The third-order valence-electron chi connectivity index (χ3n) is 3.87. The molecule has 0 saturated heterocycles. The molecule has 0 fully saturated rings. The number of hydrogen-bond acceptors (Lipinski definition) is 7. The molecule has 0 bridgehead atoms. The van der Waals surface area contributed by atoms with Crippen molar-refractivity contribution in [2.45, 2.75) is 0 Å². The van der Waals surface area contributed by atoms with Crippen molar-refractivity contribution in [3.05, 3.63) is 52.1 Å². The van der Waals surface area contributed by atoms with Crippen LogP contribution in [0.3, 0.4) is 0 Å². The number of nitrogens with zero attached hydrogens (tertiary/aromatic N) is 1. The number of carbonyl (C=O) groups excluding carboxylic acids is 2. The number of nitro groups is 1. The Kier molecular flexibility index (Phi) is 5.58. The Morgan fingerprint density at radius 1 is 1.14 bits per heavy atom. The van der Waals surface area contributed by atoms with E-state index in [1.54, 1.807) is 18.2 Å². The summed E-state index contributed by atoms with van der Waals surface area (Å²) in [6.45, 7) is 0.579. The number of nitrogens with one attached hydrogen (secondary N) is 2. The van der Waals surface area contributed by atoms with E-state index in [1.807, 2.05) is 0 Å². The van der Waals surface area contributed by atoms with Gasteiger partial charge < -0.3 is 24.8 Å². The number of benzene rings is 2. The van der Waals surface area contributed by atoms with Crippen LogP contribution in [0.15, 0.2) is 36.4 Å². The Bertz CT molecular complexity index is 929. The zero-order valence-electron chi connectivity index (χ0n) is 14.9. The third-order valence-corrected chi connectivity index (χ3v) is 3.87. The average molecular weight is 387 g/mol. The van der Waals surface area contributed by atoms with Gasteiger partial charge in [0.15, 0.2) is 17.2 Å². The quantitative estimate of drug-likeness (QED) is 0.570. The van der Waals surface area contributed by atoms with Crippen molar-refractivity contribution in [1.82, 2.24) is 5.32 Å². The SMILES string of the molecule is COc1ccc(C(=O)NCC(=O)Nc2ccc3c(c2)OCCO3)cc1[N+](=O)[O-].